The minimum atomic E-state index is 1.16. The molecule has 0 saturated heterocycles. The first-order valence-corrected chi connectivity index (χ1v) is 17.1. The Labute approximate surface area is 298 Å². The lowest BCUT2D eigenvalue weighted by molar-refractivity contribution is 1.13. The summed E-state index contributed by atoms with van der Waals surface area (Å²) in [6, 6.07) is 56.0. The summed E-state index contributed by atoms with van der Waals surface area (Å²) in [7, 11) is 8.26. The molecule has 0 fully saturated rings. The fourth-order valence-corrected chi connectivity index (χ4v) is 5.76. The molecule has 6 aromatic rings. The van der Waals surface area contributed by atoms with Gasteiger partial charge in [-0.15, -0.1) is 0 Å². The maximum atomic E-state index is 2.25. The smallest absolute Gasteiger partial charge is 0.0361 e. The molecular formula is C48H44N2. The molecule has 0 bridgehead atoms. The van der Waals surface area contributed by atoms with Crippen molar-refractivity contribution < 1.29 is 0 Å². The Kier molecular flexibility index (Phi) is 11.0. The van der Waals surface area contributed by atoms with Crippen molar-refractivity contribution >= 4 is 46.8 Å². The summed E-state index contributed by atoms with van der Waals surface area (Å²) in [5, 5.41) is 0. The molecule has 0 aliphatic rings. The molecule has 2 heteroatoms. The van der Waals surface area contributed by atoms with Gasteiger partial charge in [0.2, 0.25) is 0 Å². The Morgan fingerprint density at radius 2 is 0.680 bits per heavy atom. The Bertz CT molecular complexity index is 1920. The van der Waals surface area contributed by atoms with Crippen molar-refractivity contribution in [1.29, 1.82) is 0 Å². The van der Waals surface area contributed by atoms with Crippen LogP contribution in [-0.4, -0.2) is 28.2 Å². The number of anilines is 2. The maximum absolute atomic E-state index is 2.25. The SMILES string of the molecule is CN(C)c1ccc(/C=C(/C=C/c2ccc(-c3ccc(/C=C/C(=C/c4ccc(N(C)C)cc4)c4ccccc4)cc3)cc2)c2ccccc2)cc1. The van der Waals surface area contributed by atoms with Crippen molar-refractivity contribution in [3.8, 4) is 11.1 Å². The number of hydrogen-bond donors (Lipinski definition) is 0. The highest BCUT2D eigenvalue weighted by Crippen LogP contribution is 2.26. The van der Waals surface area contributed by atoms with Gasteiger partial charge >= 0.3 is 0 Å². The van der Waals surface area contributed by atoms with Crippen LogP contribution < -0.4 is 9.80 Å². The largest absolute Gasteiger partial charge is 0.378 e. The molecule has 0 radical (unpaired) electrons. The summed E-state index contributed by atoms with van der Waals surface area (Å²) in [5.74, 6) is 0. The quantitative estimate of drug-likeness (QED) is 0.102. The van der Waals surface area contributed by atoms with E-state index >= 15 is 0 Å². The third-order valence-electron chi connectivity index (χ3n) is 8.74. The molecule has 2 nitrogen and oxygen atoms in total. The van der Waals surface area contributed by atoms with Crippen molar-refractivity contribution in [2.45, 2.75) is 0 Å². The Hall–Kier alpha value is -6.12. The van der Waals surface area contributed by atoms with E-state index in [1.165, 1.54) is 55.9 Å². The van der Waals surface area contributed by atoms with Gasteiger partial charge in [-0.3, -0.25) is 0 Å². The Morgan fingerprint density at radius 3 is 1.00 bits per heavy atom. The van der Waals surface area contributed by atoms with Gasteiger partial charge in [0.15, 0.2) is 0 Å². The van der Waals surface area contributed by atoms with E-state index in [1.807, 2.05) is 0 Å². The normalized spacial score (nSPS) is 12.1. The topological polar surface area (TPSA) is 6.48 Å². The predicted molar refractivity (Wildman–Crippen MR) is 220 cm³/mol. The van der Waals surface area contributed by atoms with Gasteiger partial charge in [-0.05, 0) is 92.1 Å². The molecule has 0 N–H and O–H groups in total. The summed E-state index contributed by atoms with van der Waals surface area (Å²) >= 11 is 0. The second-order valence-corrected chi connectivity index (χ2v) is 12.8. The van der Waals surface area contributed by atoms with Crippen molar-refractivity contribution in [3.63, 3.8) is 0 Å². The van der Waals surface area contributed by atoms with E-state index in [0.717, 1.165) is 11.1 Å². The van der Waals surface area contributed by atoms with E-state index in [0.29, 0.717) is 0 Å². The van der Waals surface area contributed by atoms with Crippen LogP contribution >= 0.6 is 0 Å². The van der Waals surface area contributed by atoms with E-state index in [9.17, 15) is 0 Å². The lowest BCUT2D eigenvalue weighted by atomic mass is 9.99. The second-order valence-electron chi connectivity index (χ2n) is 12.8. The highest BCUT2D eigenvalue weighted by molar-refractivity contribution is 5.91. The third-order valence-corrected chi connectivity index (χ3v) is 8.74. The van der Waals surface area contributed by atoms with E-state index in [4.69, 9.17) is 0 Å². The van der Waals surface area contributed by atoms with Crippen LogP contribution in [0.15, 0.2) is 170 Å². The van der Waals surface area contributed by atoms with E-state index in [1.54, 1.807) is 0 Å². The molecule has 6 aromatic carbocycles. The minimum absolute atomic E-state index is 1.16. The number of allylic oxidation sites excluding steroid dienone is 4. The fourth-order valence-electron chi connectivity index (χ4n) is 5.76. The second kappa shape index (κ2) is 16.3. The van der Waals surface area contributed by atoms with Gasteiger partial charge < -0.3 is 9.80 Å². The summed E-state index contributed by atoms with van der Waals surface area (Å²) < 4.78 is 0. The average Bonchev–Trinajstić information content (AvgIpc) is 3.16. The Morgan fingerprint density at radius 1 is 0.360 bits per heavy atom. The van der Waals surface area contributed by atoms with Gasteiger partial charge in [0.25, 0.3) is 0 Å². The third kappa shape index (κ3) is 9.06. The van der Waals surface area contributed by atoms with Crippen molar-refractivity contribution in [2.75, 3.05) is 38.0 Å². The Balaban J connectivity index is 1.17. The number of benzene rings is 6. The molecule has 0 atom stereocenters. The van der Waals surface area contributed by atoms with Gasteiger partial charge in [-0.2, -0.15) is 0 Å². The molecule has 0 spiro atoms. The van der Waals surface area contributed by atoms with Crippen LogP contribution in [0.5, 0.6) is 0 Å². The van der Waals surface area contributed by atoms with Crippen LogP contribution in [0.4, 0.5) is 11.4 Å². The summed E-state index contributed by atoms with van der Waals surface area (Å²) in [6.07, 6.45) is 13.3. The molecule has 0 aliphatic heterocycles. The molecule has 0 saturated carbocycles. The average molecular weight is 649 g/mol. The molecule has 246 valence electrons. The van der Waals surface area contributed by atoms with Gasteiger partial charge in [-0.25, -0.2) is 0 Å². The zero-order valence-electron chi connectivity index (χ0n) is 29.4. The van der Waals surface area contributed by atoms with E-state index < -0.39 is 0 Å². The van der Waals surface area contributed by atoms with E-state index in [-0.39, 0.29) is 0 Å². The van der Waals surface area contributed by atoms with Crippen LogP contribution in [0.2, 0.25) is 0 Å². The van der Waals surface area contributed by atoms with Crippen LogP contribution in [0.3, 0.4) is 0 Å². The fraction of sp³-hybridized carbons (Fsp3) is 0.0833. The highest BCUT2D eigenvalue weighted by Gasteiger charge is 2.03. The zero-order valence-corrected chi connectivity index (χ0v) is 29.4. The number of rotatable bonds is 11. The molecule has 0 amide bonds. The minimum Gasteiger partial charge on any atom is -0.378 e. The molecule has 0 aromatic heterocycles. The molecule has 0 heterocycles. The van der Waals surface area contributed by atoms with Crippen molar-refractivity contribution in [2.24, 2.45) is 0 Å². The van der Waals surface area contributed by atoms with Crippen LogP contribution in [0.25, 0.3) is 46.6 Å². The van der Waals surface area contributed by atoms with Crippen molar-refractivity contribution in [3.05, 3.63) is 203 Å². The first-order chi connectivity index (χ1) is 24.4. The van der Waals surface area contributed by atoms with Crippen molar-refractivity contribution in [1.82, 2.24) is 0 Å². The van der Waals surface area contributed by atoms with Gasteiger partial charge in [0, 0.05) is 39.6 Å². The highest BCUT2D eigenvalue weighted by atomic mass is 15.1. The molecule has 50 heavy (non-hydrogen) atoms. The molecule has 0 unspecified atom stereocenters. The van der Waals surface area contributed by atoms with E-state index in [2.05, 4.69) is 232 Å². The number of nitrogens with zero attached hydrogens (tertiary/aromatic N) is 2. The lowest BCUT2D eigenvalue weighted by Gasteiger charge is -2.12. The first-order valence-electron chi connectivity index (χ1n) is 17.1. The molecular weight excluding hydrogens is 605 g/mol. The molecule has 0 aliphatic carbocycles. The standard InChI is InChI=1S/C48H44N2/c1-49(2)47-31-21-39(22-32-47)35-45(41-11-7-5-8-12-41)29-19-37-15-25-43(26-16-37)44-27-17-38(18-28-44)20-30-46(42-13-9-6-10-14-42)36-40-23-33-48(34-24-40)50(3)4/h5-36H,1-4H3/b29-19+,30-20+,45-35-,46-36-. The predicted octanol–water partition coefficient (Wildman–Crippen LogP) is 12.0. The first kappa shape index (κ1) is 33.8. The lowest BCUT2D eigenvalue weighted by Crippen LogP contribution is -2.07. The zero-order chi connectivity index (χ0) is 34.7. The van der Waals surface area contributed by atoms with Crippen LogP contribution in [-0.2, 0) is 0 Å². The summed E-state index contributed by atoms with van der Waals surface area (Å²) in [4.78, 5) is 4.24. The van der Waals surface area contributed by atoms with Crippen LogP contribution in [0, 0.1) is 0 Å². The van der Waals surface area contributed by atoms with Crippen LogP contribution in [0.1, 0.15) is 33.4 Å². The van der Waals surface area contributed by atoms with Gasteiger partial charge in [0.1, 0.15) is 0 Å². The van der Waals surface area contributed by atoms with Gasteiger partial charge in [0.05, 0.1) is 0 Å². The maximum Gasteiger partial charge on any atom is 0.0361 e. The monoisotopic (exact) mass is 648 g/mol. The van der Waals surface area contributed by atoms with Gasteiger partial charge in [-0.1, -0.05) is 158 Å². The number of hydrogen-bond acceptors (Lipinski definition) is 2. The summed E-state index contributed by atoms with van der Waals surface area (Å²) in [6.45, 7) is 0. The summed E-state index contributed by atoms with van der Waals surface area (Å²) in [5.41, 5.74) is 14.2. The molecule has 6 rings (SSSR count).